The standard InChI is InChI=1S/C28H36N4O8S/c1-17(2)14-32(41(35,36)19-8-9-21-24(13-19)39-27(29)30-21)15-23(33)22(12-18-6-4-3-5-7-18)31-28(34)40-25-16-38-26-20(25)10-11-37-26/h3-9,13,17,20,22-23,25-26,33H,10-12,14-16H2,1-2H3,(H2,29,30)(H,31,34)/t20-,22-,23+,25-,26+/m0/s1. The van der Waals surface area contributed by atoms with Crippen molar-refractivity contribution in [2.45, 2.75) is 56.1 Å². The van der Waals surface area contributed by atoms with Crippen molar-refractivity contribution in [1.29, 1.82) is 0 Å². The van der Waals surface area contributed by atoms with E-state index in [9.17, 15) is 18.3 Å². The molecule has 0 spiro atoms. The summed E-state index contributed by atoms with van der Waals surface area (Å²) in [4.78, 5) is 17.0. The average molecular weight is 589 g/mol. The van der Waals surface area contributed by atoms with Crippen molar-refractivity contribution in [2.24, 2.45) is 11.8 Å². The Labute approximate surface area is 238 Å². The maximum absolute atomic E-state index is 13.8. The first-order valence-electron chi connectivity index (χ1n) is 13.7. The van der Waals surface area contributed by atoms with Crippen molar-refractivity contribution in [1.82, 2.24) is 14.6 Å². The van der Waals surface area contributed by atoms with Gasteiger partial charge in [0.2, 0.25) is 10.0 Å². The van der Waals surface area contributed by atoms with E-state index in [1.54, 1.807) is 0 Å². The number of alkyl carbamates (subject to hydrolysis) is 1. The lowest BCUT2D eigenvalue weighted by Gasteiger charge is -2.31. The van der Waals surface area contributed by atoms with Crippen LogP contribution in [0.15, 0.2) is 57.8 Å². The summed E-state index contributed by atoms with van der Waals surface area (Å²) in [5.74, 6) is -0.0851. The fourth-order valence-electron chi connectivity index (χ4n) is 5.27. The van der Waals surface area contributed by atoms with Gasteiger partial charge in [-0.05, 0) is 36.5 Å². The lowest BCUT2D eigenvalue weighted by atomic mass is 10.0. The lowest BCUT2D eigenvalue weighted by Crippen LogP contribution is -2.51. The molecule has 1 amide bonds. The number of rotatable bonds is 11. The monoisotopic (exact) mass is 588 g/mol. The van der Waals surface area contributed by atoms with E-state index in [0.717, 1.165) is 12.0 Å². The van der Waals surface area contributed by atoms with E-state index < -0.39 is 34.4 Å². The number of ether oxygens (including phenoxy) is 3. The zero-order valence-electron chi connectivity index (χ0n) is 23.0. The molecular formula is C28H36N4O8S. The summed E-state index contributed by atoms with van der Waals surface area (Å²) in [7, 11) is -4.07. The zero-order chi connectivity index (χ0) is 29.1. The van der Waals surface area contributed by atoms with Crippen LogP contribution in [0.2, 0.25) is 0 Å². The smallest absolute Gasteiger partial charge is 0.407 e. The van der Waals surface area contributed by atoms with Gasteiger partial charge in [-0.3, -0.25) is 0 Å². The third-order valence-corrected chi connectivity index (χ3v) is 9.11. The van der Waals surface area contributed by atoms with Gasteiger partial charge in [-0.1, -0.05) is 44.2 Å². The minimum absolute atomic E-state index is 0.0180. The van der Waals surface area contributed by atoms with Crippen LogP contribution in [0.5, 0.6) is 0 Å². The van der Waals surface area contributed by atoms with E-state index in [0.29, 0.717) is 12.1 Å². The van der Waals surface area contributed by atoms with Crippen molar-refractivity contribution in [3.05, 3.63) is 54.1 Å². The number of aromatic nitrogens is 1. The van der Waals surface area contributed by atoms with Crippen molar-refractivity contribution < 1.29 is 36.9 Å². The van der Waals surface area contributed by atoms with Crippen LogP contribution in [0.3, 0.4) is 0 Å². The molecule has 5 rings (SSSR count). The number of benzene rings is 2. The van der Waals surface area contributed by atoms with Gasteiger partial charge < -0.3 is 34.8 Å². The minimum atomic E-state index is -4.07. The van der Waals surface area contributed by atoms with Gasteiger partial charge in [-0.15, -0.1) is 0 Å². The molecule has 0 bridgehead atoms. The fraction of sp³-hybridized carbons (Fsp3) is 0.500. The van der Waals surface area contributed by atoms with E-state index in [2.05, 4.69) is 10.3 Å². The Balaban J connectivity index is 1.35. The number of aliphatic hydroxyl groups excluding tert-OH is 1. The summed E-state index contributed by atoms with van der Waals surface area (Å²) in [6.07, 6.45) is -1.82. The number of hydrogen-bond donors (Lipinski definition) is 3. The fourth-order valence-corrected chi connectivity index (χ4v) is 6.91. The third-order valence-electron chi connectivity index (χ3n) is 7.28. The van der Waals surface area contributed by atoms with Gasteiger partial charge in [-0.25, -0.2) is 13.2 Å². The van der Waals surface area contributed by atoms with Crippen LogP contribution in [-0.2, 0) is 30.7 Å². The predicted molar refractivity (Wildman–Crippen MR) is 149 cm³/mol. The number of hydrogen-bond acceptors (Lipinski definition) is 10. The molecule has 0 unspecified atom stereocenters. The highest BCUT2D eigenvalue weighted by Gasteiger charge is 2.44. The number of sulfonamides is 1. The number of carbonyl (C=O) groups is 1. The molecule has 2 saturated heterocycles. The van der Waals surface area contributed by atoms with Crippen LogP contribution in [0.25, 0.3) is 11.1 Å². The van der Waals surface area contributed by atoms with Crippen molar-refractivity contribution in [3.8, 4) is 0 Å². The highest BCUT2D eigenvalue weighted by atomic mass is 32.2. The molecule has 13 heteroatoms. The summed E-state index contributed by atoms with van der Waals surface area (Å²) in [6.45, 7) is 4.42. The van der Waals surface area contributed by atoms with Gasteiger partial charge in [0.15, 0.2) is 11.9 Å². The van der Waals surface area contributed by atoms with Crippen LogP contribution in [0.1, 0.15) is 25.8 Å². The molecule has 3 heterocycles. The first-order chi connectivity index (χ1) is 19.6. The van der Waals surface area contributed by atoms with Gasteiger partial charge in [0.25, 0.3) is 6.01 Å². The molecule has 3 aromatic rings. The van der Waals surface area contributed by atoms with Crippen molar-refractivity contribution >= 4 is 33.2 Å². The highest BCUT2D eigenvalue weighted by molar-refractivity contribution is 7.89. The number of carbonyl (C=O) groups excluding carboxylic acids is 1. The molecular weight excluding hydrogens is 552 g/mol. The van der Waals surface area contributed by atoms with Gasteiger partial charge in [0.1, 0.15) is 11.6 Å². The maximum atomic E-state index is 13.8. The Bertz CT molecular complexity index is 1450. The van der Waals surface area contributed by atoms with Crippen LogP contribution < -0.4 is 11.1 Å². The van der Waals surface area contributed by atoms with Gasteiger partial charge in [0.05, 0.1) is 36.2 Å². The molecule has 1 aromatic heterocycles. The lowest BCUT2D eigenvalue weighted by molar-refractivity contribution is -0.0907. The molecule has 2 aromatic carbocycles. The number of nitrogens with one attached hydrogen (secondary N) is 1. The van der Waals surface area contributed by atoms with E-state index in [1.807, 2.05) is 44.2 Å². The molecule has 222 valence electrons. The van der Waals surface area contributed by atoms with Crippen LogP contribution >= 0.6 is 0 Å². The van der Waals surface area contributed by atoms with Gasteiger partial charge in [-0.2, -0.15) is 9.29 Å². The first-order valence-corrected chi connectivity index (χ1v) is 15.1. The minimum Gasteiger partial charge on any atom is -0.443 e. The Morgan fingerprint density at radius 1 is 1.20 bits per heavy atom. The summed E-state index contributed by atoms with van der Waals surface area (Å²) in [5.41, 5.74) is 7.16. The number of nitrogens with zero attached hydrogens (tertiary/aromatic N) is 2. The Morgan fingerprint density at radius 2 is 1.98 bits per heavy atom. The second-order valence-corrected chi connectivity index (χ2v) is 12.8. The highest BCUT2D eigenvalue weighted by Crippen LogP contribution is 2.33. The summed E-state index contributed by atoms with van der Waals surface area (Å²) < 4.78 is 50.8. The predicted octanol–water partition coefficient (Wildman–Crippen LogP) is 2.52. The quantitative estimate of drug-likeness (QED) is 0.303. The Hall–Kier alpha value is -3.23. The van der Waals surface area contributed by atoms with Crippen LogP contribution in [0.4, 0.5) is 10.8 Å². The molecule has 4 N–H and O–H groups in total. The molecule has 0 aliphatic carbocycles. The van der Waals surface area contributed by atoms with Gasteiger partial charge >= 0.3 is 6.09 Å². The normalized spacial score (nSPS) is 22.2. The molecule has 0 radical (unpaired) electrons. The number of nitrogens with two attached hydrogens (primary N) is 1. The van der Waals surface area contributed by atoms with Crippen molar-refractivity contribution in [2.75, 3.05) is 32.0 Å². The molecule has 2 fully saturated rings. The topological polar surface area (TPSA) is 166 Å². The number of aliphatic hydroxyl groups is 1. The molecule has 2 aliphatic heterocycles. The molecule has 12 nitrogen and oxygen atoms in total. The first kappa shape index (κ1) is 29.3. The number of nitrogen functional groups attached to an aromatic ring is 1. The number of fused-ring (bicyclic) bond motifs is 2. The number of oxazole rings is 1. The number of anilines is 1. The van der Waals surface area contributed by atoms with Gasteiger partial charge in [0, 0.05) is 19.2 Å². The van der Waals surface area contributed by atoms with E-state index in [-0.39, 0.29) is 60.7 Å². The molecule has 5 atom stereocenters. The van der Waals surface area contributed by atoms with E-state index in [1.165, 1.54) is 22.5 Å². The van der Waals surface area contributed by atoms with E-state index >= 15 is 0 Å². The van der Waals surface area contributed by atoms with Crippen molar-refractivity contribution in [3.63, 3.8) is 0 Å². The summed E-state index contributed by atoms with van der Waals surface area (Å²) in [6, 6.07) is 12.7. The molecule has 2 aliphatic rings. The molecule has 0 saturated carbocycles. The van der Waals surface area contributed by atoms with E-state index in [4.69, 9.17) is 24.4 Å². The molecule has 41 heavy (non-hydrogen) atoms. The average Bonchev–Trinajstić information content (AvgIpc) is 3.64. The SMILES string of the molecule is CC(C)CN(C[C@@H](O)[C@H](Cc1ccccc1)NC(=O)O[C@H]1CO[C@H]2OCC[C@H]21)S(=O)(=O)c1ccc2nc(N)oc2c1. The summed E-state index contributed by atoms with van der Waals surface area (Å²) in [5, 5.41) is 14.2. The third kappa shape index (κ3) is 6.81. The second-order valence-electron chi connectivity index (χ2n) is 10.9. The van der Waals surface area contributed by atoms with Crippen LogP contribution in [-0.4, -0.2) is 79.7 Å². The second kappa shape index (κ2) is 12.3. The zero-order valence-corrected chi connectivity index (χ0v) is 23.8. The largest absolute Gasteiger partial charge is 0.443 e. The number of amides is 1. The summed E-state index contributed by atoms with van der Waals surface area (Å²) >= 11 is 0. The maximum Gasteiger partial charge on any atom is 0.407 e. The Morgan fingerprint density at radius 3 is 2.73 bits per heavy atom. The Kier molecular flexibility index (Phi) is 8.80. The van der Waals surface area contributed by atoms with Crippen LogP contribution in [0, 0.1) is 11.8 Å².